The highest BCUT2D eigenvalue weighted by atomic mass is 16.2. The van der Waals surface area contributed by atoms with E-state index in [4.69, 9.17) is 0 Å². The Morgan fingerprint density at radius 2 is 0.986 bits per heavy atom. The third-order valence-corrected chi connectivity index (χ3v) is 14.0. The Balaban J connectivity index is 1.32. The number of amides is 8. The number of aromatic nitrogens is 2. The van der Waals surface area contributed by atoms with E-state index in [1.54, 1.807) is 27.9 Å². The molecule has 386 valence electrons. The first-order valence-electron chi connectivity index (χ1n) is 24.8. The highest BCUT2D eigenvalue weighted by Crippen LogP contribution is 2.26. The van der Waals surface area contributed by atoms with Gasteiger partial charge in [-0.1, -0.05) is 101 Å². The molecule has 2 aliphatic heterocycles. The number of hydrogen-bond donors (Lipinski definition) is 9. The van der Waals surface area contributed by atoms with Crippen LogP contribution in [-0.4, -0.2) is 143 Å². The molecule has 0 bridgehead atoms. The van der Waals surface area contributed by atoms with Gasteiger partial charge >= 0.3 is 0 Å². The predicted molar refractivity (Wildman–Crippen MR) is 267 cm³/mol. The van der Waals surface area contributed by atoms with Gasteiger partial charge in [-0.2, -0.15) is 5.10 Å². The first kappa shape index (κ1) is 55.3. The molecule has 2 aliphatic rings. The molecule has 12 atom stereocenters. The molecular weight excluding hydrogens is 909 g/mol. The van der Waals surface area contributed by atoms with Gasteiger partial charge < -0.3 is 52.3 Å². The summed E-state index contributed by atoms with van der Waals surface area (Å²) in [6.07, 6.45) is 1.24. The second-order valence-corrected chi connectivity index (χ2v) is 19.0. The smallest absolute Gasteiger partial charge is 0.272 e. The minimum atomic E-state index is -0.997. The third kappa shape index (κ3) is 14.0. The molecule has 2 saturated heterocycles. The lowest BCUT2D eigenvalue weighted by Crippen LogP contribution is -2.57. The van der Waals surface area contributed by atoms with Crippen molar-refractivity contribution in [3.05, 3.63) is 89.2 Å². The summed E-state index contributed by atoms with van der Waals surface area (Å²) in [5, 5.41) is 30.1. The van der Waals surface area contributed by atoms with Crippen LogP contribution in [-0.2, 0) is 28.8 Å². The number of likely N-dealkylation sites (tertiary alicyclic amines) is 2. The fourth-order valence-electron chi connectivity index (χ4n) is 8.75. The molecule has 5 rings (SSSR count). The second-order valence-electron chi connectivity index (χ2n) is 19.0. The number of hydrogen-bond acceptors (Lipinski definition) is 11. The summed E-state index contributed by atoms with van der Waals surface area (Å²) in [5.74, 6) is -4.40. The van der Waals surface area contributed by atoms with E-state index in [0.717, 1.165) is 11.1 Å². The summed E-state index contributed by atoms with van der Waals surface area (Å²) >= 11 is 0. The molecule has 2 aromatic carbocycles. The van der Waals surface area contributed by atoms with E-state index in [1.807, 2.05) is 102 Å². The molecule has 3 aromatic rings. The highest BCUT2D eigenvalue weighted by Gasteiger charge is 2.46. The van der Waals surface area contributed by atoms with Crippen LogP contribution in [0.1, 0.15) is 125 Å². The Kier molecular flexibility index (Phi) is 19.8. The molecule has 0 unspecified atom stereocenters. The predicted octanol–water partition coefficient (Wildman–Crippen LogP) is 1.84. The fraction of sp³-hybridized carbons (Fsp3) is 0.549. The number of benzene rings is 2. The van der Waals surface area contributed by atoms with Crippen LogP contribution in [0.25, 0.3) is 0 Å². The molecule has 8 amide bonds. The van der Waals surface area contributed by atoms with E-state index < -0.39 is 95.9 Å². The first-order valence-corrected chi connectivity index (χ1v) is 24.8. The Morgan fingerprint density at radius 3 is 1.37 bits per heavy atom. The Labute approximate surface area is 416 Å². The van der Waals surface area contributed by atoms with E-state index in [-0.39, 0.29) is 61.0 Å². The van der Waals surface area contributed by atoms with Crippen LogP contribution in [0.4, 0.5) is 0 Å². The molecule has 0 saturated carbocycles. The number of H-pyrrole nitrogens is 1. The van der Waals surface area contributed by atoms with Crippen LogP contribution in [0.3, 0.4) is 0 Å². The van der Waals surface area contributed by atoms with Crippen LogP contribution in [0.15, 0.2) is 66.7 Å². The fourth-order valence-corrected chi connectivity index (χ4v) is 8.75. The molecule has 1 aromatic heterocycles. The highest BCUT2D eigenvalue weighted by molar-refractivity contribution is 5.99. The summed E-state index contributed by atoms with van der Waals surface area (Å²) < 4.78 is 0. The molecule has 9 N–H and O–H groups in total. The number of aromatic amines is 1. The maximum Gasteiger partial charge on any atom is 0.272 e. The van der Waals surface area contributed by atoms with Crippen molar-refractivity contribution in [3.63, 3.8) is 0 Å². The molecule has 0 radical (unpaired) electrons. The van der Waals surface area contributed by atoms with Gasteiger partial charge in [0.05, 0.1) is 24.2 Å². The number of carbonyl (C=O) groups is 8. The minimum Gasteiger partial charge on any atom is -0.348 e. The van der Waals surface area contributed by atoms with Crippen molar-refractivity contribution in [2.75, 3.05) is 27.2 Å². The number of nitrogens with zero attached hydrogens (tertiary/aromatic N) is 3. The second kappa shape index (κ2) is 25.4. The van der Waals surface area contributed by atoms with E-state index in [0.29, 0.717) is 12.8 Å². The lowest BCUT2D eigenvalue weighted by Gasteiger charge is -2.32. The summed E-state index contributed by atoms with van der Waals surface area (Å²) in [6, 6.07) is 12.7. The lowest BCUT2D eigenvalue weighted by molar-refractivity contribution is -0.143. The maximum absolute atomic E-state index is 14.4. The SMILES string of the molecule is CC[C@H](C)[C@H](NC(=O)[C@H](C)NC)C(=O)N1C[C@@H](NC(=O)c2cc(C(=O)N[C@H]3C[C@@H](C(=O)N[C@H](C)c4ccccc4)N(C(=O)[C@@H](NC(=O)[C@H](C)NC)[C@@H](C)CC)C3)[nH]n2)C[C@H]1C(=O)N[C@H](C)c1ccccc1. The summed E-state index contributed by atoms with van der Waals surface area (Å²) in [5.41, 5.74) is 1.52. The summed E-state index contributed by atoms with van der Waals surface area (Å²) in [7, 11) is 3.28. The monoisotopic (exact) mass is 983 g/mol. The maximum atomic E-state index is 14.4. The Bertz CT molecular complexity index is 2170. The van der Waals surface area contributed by atoms with Gasteiger partial charge in [0, 0.05) is 31.2 Å². The van der Waals surface area contributed by atoms with Crippen molar-refractivity contribution < 1.29 is 38.4 Å². The first-order chi connectivity index (χ1) is 33.8. The van der Waals surface area contributed by atoms with Gasteiger partial charge in [-0.05, 0) is 77.6 Å². The molecule has 0 aliphatic carbocycles. The largest absolute Gasteiger partial charge is 0.348 e. The van der Waals surface area contributed by atoms with Crippen molar-refractivity contribution in [1.82, 2.24) is 62.5 Å². The molecule has 3 heterocycles. The molecule has 20 nitrogen and oxygen atoms in total. The van der Waals surface area contributed by atoms with Gasteiger partial charge in [0.1, 0.15) is 29.9 Å². The van der Waals surface area contributed by atoms with Gasteiger partial charge in [-0.3, -0.25) is 43.5 Å². The number of rotatable bonds is 22. The summed E-state index contributed by atoms with van der Waals surface area (Å²) in [6.45, 7) is 14.5. The van der Waals surface area contributed by atoms with Gasteiger partial charge in [-0.25, -0.2) is 0 Å². The van der Waals surface area contributed by atoms with Crippen molar-refractivity contribution in [3.8, 4) is 0 Å². The van der Waals surface area contributed by atoms with Gasteiger partial charge in [0.2, 0.25) is 35.4 Å². The van der Waals surface area contributed by atoms with Crippen LogP contribution in [0, 0.1) is 11.8 Å². The zero-order chi connectivity index (χ0) is 52.1. The molecule has 71 heavy (non-hydrogen) atoms. The number of carbonyl (C=O) groups excluding carboxylic acids is 8. The normalized spacial score (nSPS) is 21.0. The summed E-state index contributed by atoms with van der Waals surface area (Å²) in [4.78, 5) is 114. The average Bonchev–Trinajstić information content (AvgIpc) is 4.16. The quantitative estimate of drug-likeness (QED) is 0.0702. The van der Waals surface area contributed by atoms with Crippen LogP contribution < -0.4 is 42.5 Å². The van der Waals surface area contributed by atoms with E-state index in [2.05, 4.69) is 52.7 Å². The van der Waals surface area contributed by atoms with Gasteiger partial charge in [-0.15, -0.1) is 0 Å². The van der Waals surface area contributed by atoms with Crippen molar-refractivity contribution in [2.24, 2.45) is 11.8 Å². The standard InChI is InChI=1S/C51H74N12O8/c1-11-28(3)42(58-44(64)32(7)52-9)50(70)62-26-36(23-40(62)48(68)54-30(5)34-19-15-13-16-20-34)56-46(66)38-25-39(61-60-38)47(67)57-37-24-41(49(69)55-31(6)35-21-17-14-18-22-35)63(27-37)51(71)43(29(4)12-2)59-45(65)33(8)53-10/h13-22,25,28-33,36-37,40-43,52-53H,11-12,23-24,26-27H2,1-10H3,(H,54,68)(H,55,69)(H,56,66)(H,57,67)(H,58,64)(H,59,65)(H,60,61)/t28-,29-,30+,31+,32-,33-,36-,37-,40-,41-,42-,43-/m0/s1. The molecular formula is C51H74N12O8. The van der Waals surface area contributed by atoms with E-state index in [9.17, 15) is 38.4 Å². The molecule has 20 heteroatoms. The van der Waals surface area contributed by atoms with Crippen LogP contribution in [0.2, 0.25) is 0 Å². The Morgan fingerprint density at radius 1 is 0.592 bits per heavy atom. The topological polar surface area (TPSA) is 268 Å². The minimum absolute atomic E-state index is 0.0416. The van der Waals surface area contributed by atoms with Crippen LogP contribution in [0.5, 0.6) is 0 Å². The van der Waals surface area contributed by atoms with E-state index >= 15 is 0 Å². The zero-order valence-corrected chi connectivity index (χ0v) is 42.6. The zero-order valence-electron chi connectivity index (χ0n) is 42.6. The molecule has 2 fully saturated rings. The van der Waals surface area contributed by atoms with Gasteiger partial charge in [0.25, 0.3) is 11.8 Å². The van der Waals surface area contributed by atoms with Crippen molar-refractivity contribution >= 4 is 47.3 Å². The third-order valence-electron chi connectivity index (χ3n) is 14.0. The van der Waals surface area contributed by atoms with Crippen molar-refractivity contribution in [2.45, 2.75) is 141 Å². The number of likely N-dealkylation sites (N-methyl/N-ethyl adjacent to an activating group) is 2. The van der Waals surface area contributed by atoms with Crippen molar-refractivity contribution in [1.29, 1.82) is 0 Å². The lowest BCUT2D eigenvalue weighted by atomic mass is 9.97. The number of nitrogens with one attached hydrogen (secondary N) is 9. The molecule has 0 spiro atoms. The van der Waals surface area contributed by atoms with E-state index in [1.165, 1.54) is 15.9 Å². The van der Waals surface area contributed by atoms with Gasteiger partial charge in [0.15, 0.2) is 5.69 Å². The Hall–Kier alpha value is -6.67. The average molecular weight is 983 g/mol. The van der Waals surface area contributed by atoms with Crippen LogP contribution >= 0.6 is 0 Å².